The molecule has 3 aromatic rings. The van der Waals surface area contributed by atoms with Crippen LogP contribution in [0.3, 0.4) is 0 Å². The molecule has 0 bridgehead atoms. The van der Waals surface area contributed by atoms with Gasteiger partial charge in [0.15, 0.2) is 6.61 Å². The highest BCUT2D eigenvalue weighted by Crippen LogP contribution is 2.37. The van der Waals surface area contributed by atoms with Crippen LogP contribution in [0.15, 0.2) is 90.1 Å². The molecule has 0 aliphatic carbocycles. The van der Waals surface area contributed by atoms with Crippen molar-refractivity contribution >= 4 is 23.7 Å². The van der Waals surface area contributed by atoms with Crippen LogP contribution in [0.4, 0.5) is 23.7 Å². The van der Waals surface area contributed by atoms with E-state index in [9.17, 15) is 27.6 Å². The molecule has 40 heavy (non-hydrogen) atoms. The molecule has 0 aromatic heterocycles. The van der Waals surface area contributed by atoms with Crippen molar-refractivity contribution < 1.29 is 37.0 Å². The molecule has 0 fully saturated rings. The Morgan fingerprint density at radius 2 is 1.70 bits per heavy atom. The first-order valence-electron chi connectivity index (χ1n) is 11.9. The molecule has 4 rings (SSSR count). The number of esters is 2. The van der Waals surface area contributed by atoms with Crippen molar-refractivity contribution in [2.45, 2.75) is 25.7 Å². The van der Waals surface area contributed by atoms with E-state index in [-0.39, 0.29) is 23.6 Å². The van der Waals surface area contributed by atoms with Gasteiger partial charge in [0.25, 0.3) is 0 Å². The number of amides is 2. The van der Waals surface area contributed by atoms with E-state index in [1.807, 2.05) is 6.07 Å². The van der Waals surface area contributed by atoms with Crippen LogP contribution in [0.1, 0.15) is 35.2 Å². The maximum Gasteiger partial charge on any atom is 0.416 e. The lowest BCUT2D eigenvalue weighted by molar-refractivity contribution is -0.157. The summed E-state index contributed by atoms with van der Waals surface area (Å²) in [4.78, 5) is 39.6. The maximum atomic E-state index is 13.4. The van der Waals surface area contributed by atoms with Gasteiger partial charge in [-0.25, -0.2) is 14.4 Å². The molecular formula is C29H22F3N3O5. The number of halogens is 3. The van der Waals surface area contributed by atoms with E-state index >= 15 is 0 Å². The number of rotatable bonds is 7. The molecule has 8 nitrogen and oxygen atoms in total. The normalized spacial score (nSPS) is 15.2. The predicted molar refractivity (Wildman–Crippen MR) is 136 cm³/mol. The number of nitriles is 1. The molecule has 1 heterocycles. The Bertz CT molecular complexity index is 1500. The number of alkyl halides is 3. The molecule has 0 unspecified atom stereocenters. The number of nitrogens with one attached hydrogen (secondary N) is 1. The number of anilines is 1. The summed E-state index contributed by atoms with van der Waals surface area (Å²) in [7, 11) is 0. The van der Waals surface area contributed by atoms with Gasteiger partial charge in [-0.05, 0) is 48.4 Å². The summed E-state index contributed by atoms with van der Waals surface area (Å²) in [6, 6.07) is 19.1. The van der Waals surface area contributed by atoms with Crippen molar-refractivity contribution in [3.05, 3.63) is 112 Å². The third-order valence-electron chi connectivity index (χ3n) is 6.07. The fourth-order valence-electron chi connectivity index (χ4n) is 4.12. The van der Waals surface area contributed by atoms with Crippen LogP contribution in [0.2, 0.25) is 0 Å². The minimum absolute atomic E-state index is 0.0000807. The number of carbonyl (C=O) groups excluding carboxylic acids is 3. The van der Waals surface area contributed by atoms with Crippen LogP contribution in [0.5, 0.6) is 0 Å². The van der Waals surface area contributed by atoms with Crippen molar-refractivity contribution in [2.24, 2.45) is 0 Å². The van der Waals surface area contributed by atoms with Gasteiger partial charge in [0.2, 0.25) is 0 Å². The number of hydrogen-bond acceptors (Lipinski definition) is 6. The highest BCUT2D eigenvalue weighted by Gasteiger charge is 2.38. The van der Waals surface area contributed by atoms with E-state index in [1.54, 1.807) is 30.3 Å². The van der Waals surface area contributed by atoms with Gasteiger partial charge in [-0.1, -0.05) is 48.5 Å². The zero-order chi connectivity index (χ0) is 28.9. The van der Waals surface area contributed by atoms with E-state index in [1.165, 1.54) is 37.3 Å². The average molecular weight is 550 g/mol. The highest BCUT2D eigenvalue weighted by atomic mass is 19.4. The molecule has 0 saturated heterocycles. The summed E-state index contributed by atoms with van der Waals surface area (Å²) in [5, 5.41) is 11.7. The second-order valence-electron chi connectivity index (χ2n) is 8.72. The first kappa shape index (κ1) is 27.9. The largest absolute Gasteiger partial charge is 0.458 e. The number of carbonyl (C=O) groups is 3. The first-order chi connectivity index (χ1) is 19.1. The van der Waals surface area contributed by atoms with Crippen LogP contribution in [0.25, 0.3) is 0 Å². The summed E-state index contributed by atoms with van der Waals surface area (Å²) in [5.41, 5.74) is 0.253. The maximum absolute atomic E-state index is 13.4. The third kappa shape index (κ3) is 6.30. The smallest absolute Gasteiger partial charge is 0.416 e. The minimum atomic E-state index is -4.66. The molecule has 1 atom stereocenters. The van der Waals surface area contributed by atoms with Gasteiger partial charge in [0.05, 0.1) is 34.5 Å². The van der Waals surface area contributed by atoms with Gasteiger partial charge in [0, 0.05) is 5.70 Å². The molecule has 1 N–H and O–H groups in total. The summed E-state index contributed by atoms with van der Waals surface area (Å²) >= 11 is 0. The molecule has 11 heteroatoms. The van der Waals surface area contributed by atoms with E-state index in [0.29, 0.717) is 11.1 Å². The summed E-state index contributed by atoms with van der Waals surface area (Å²) in [6.07, 6.45) is -4.66. The van der Waals surface area contributed by atoms with Gasteiger partial charge >= 0.3 is 24.1 Å². The number of urea groups is 1. The number of allylic oxidation sites excluding steroid dienone is 1. The summed E-state index contributed by atoms with van der Waals surface area (Å²) in [5.74, 6) is -1.81. The lowest BCUT2D eigenvalue weighted by atomic mass is 9.94. The van der Waals surface area contributed by atoms with Crippen LogP contribution in [-0.4, -0.2) is 24.6 Å². The topological polar surface area (TPSA) is 109 Å². The number of nitrogens with zero attached hydrogens (tertiary/aromatic N) is 2. The Morgan fingerprint density at radius 3 is 2.35 bits per heavy atom. The Balaban J connectivity index is 1.64. The van der Waals surface area contributed by atoms with Crippen molar-refractivity contribution in [3.8, 4) is 6.07 Å². The predicted octanol–water partition coefficient (Wildman–Crippen LogP) is 5.41. The van der Waals surface area contributed by atoms with E-state index in [2.05, 4.69) is 5.32 Å². The second-order valence-corrected chi connectivity index (χ2v) is 8.72. The lowest BCUT2D eigenvalue weighted by Crippen LogP contribution is -2.48. The van der Waals surface area contributed by atoms with Crippen LogP contribution < -0.4 is 10.2 Å². The first-order valence-corrected chi connectivity index (χ1v) is 11.9. The second kappa shape index (κ2) is 11.7. The molecule has 0 radical (unpaired) electrons. The Kier molecular flexibility index (Phi) is 8.19. The number of benzene rings is 3. The minimum Gasteiger partial charge on any atom is -0.458 e. The molecule has 0 saturated carbocycles. The van der Waals surface area contributed by atoms with Crippen molar-refractivity contribution in [3.63, 3.8) is 0 Å². The number of hydrogen-bond donors (Lipinski definition) is 1. The van der Waals surface area contributed by atoms with Gasteiger partial charge < -0.3 is 14.8 Å². The molecule has 0 spiro atoms. The highest BCUT2D eigenvalue weighted by molar-refractivity contribution is 6.03. The Labute approximate surface area is 227 Å². The fourth-order valence-corrected chi connectivity index (χ4v) is 4.12. The summed E-state index contributed by atoms with van der Waals surface area (Å²) < 4.78 is 50.4. The Hall–Kier alpha value is -5.11. The van der Waals surface area contributed by atoms with Crippen LogP contribution in [-0.2, 0) is 31.8 Å². The number of ether oxygens (including phenoxy) is 2. The quantitative estimate of drug-likeness (QED) is 0.395. The SMILES string of the molecule is CC1=C(C(=O)OCC(=O)OCc2ccccc2)[C@@H](c2ccc(C#N)cc2)NC(=O)N1c1cccc(C(F)(F)F)c1. The average Bonchev–Trinajstić information content (AvgIpc) is 2.95. The molecular weight excluding hydrogens is 527 g/mol. The summed E-state index contributed by atoms with van der Waals surface area (Å²) in [6.45, 7) is 0.617. The standard InChI is InChI=1S/C29H22F3N3O5/c1-18-25(27(37)40-17-24(36)39-16-20-6-3-2-4-7-20)26(21-12-10-19(15-33)11-13-21)34-28(38)35(18)23-9-5-8-22(14-23)29(30,31)32/h2-14,26H,16-17H2,1H3,(H,34,38)/t26-/m1/s1. The van der Waals surface area contributed by atoms with Crippen LogP contribution in [0, 0.1) is 11.3 Å². The fraction of sp³-hybridized carbons (Fsp3) is 0.172. The van der Waals surface area contributed by atoms with Gasteiger partial charge in [-0.3, -0.25) is 4.90 Å². The van der Waals surface area contributed by atoms with Crippen molar-refractivity contribution in [1.82, 2.24) is 5.32 Å². The monoisotopic (exact) mass is 549 g/mol. The van der Waals surface area contributed by atoms with Crippen LogP contribution >= 0.6 is 0 Å². The third-order valence-corrected chi connectivity index (χ3v) is 6.07. The van der Waals surface area contributed by atoms with Gasteiger partial charge in [-0.15, -0.1) is 0 Å². The van der Waals surface area contributed by atoms with Gasteiger partial charge in [-0.2, -0.15) is 18.4 Å². The van der Waals surface area contributed by atoms with E-state index in [0.717, 1.165) is 28.7 Å². The van der Waals surface area contributed by atoms with Gasteiger partial charge in [0.1, 0.15) is 6.61 Å². The van der Waals surface area contributed by atoms with E-state index < -0.39 is 42.4 Å². The zero-order valence-electron chi connectivity index (χ0n) is 21.1. The Morgan fingerprint density at radius 1 is 1.00 bits per heavy atom. The van der Waals surface area contributed by atoms with Crippen molar-refractivity contribution in [1.29, 1.82) is 5.26 Å². The molecule has 204 valence electrons. The molecule has 1 aliphatic heterocycles. The molecule has 1 aliphatic rings. The lowest BCUT2D eigenvalue weighted by Gasteiger charge is -2.35. The molecule has 2 amide bonds. The molecule has 3 aromatic carbocycles. The van der Waals surface area contributed by atoms with E-state index in [4.69, 9.17) is 14.7 Å². The van der Waals surface area contributed by atoms with Crippen molar-refractivity contribution in [2.75, 3.05) is 11.5 Å². The zero-order valence-corrected chi connectivity index (χ0v) is 21.1.